The zero-order valence-electron chi connectivity index (χ0n) is 30.4. The van der Waals surface area contributed by atoms with Crippen LogP contribution in [-0.4, -0.2) is 15.0 Å². The Morgan fingerprint density at radius 1 is 0.364 bits per heavy atom. The van der Waals surface area contributed by atoms with Crippen LogP contribution >= 0.6 is 0 Å². The van der Waals surface area contributed by atoms with E-state index in [4.69, 9.17) is 19.4 Å². The summed E-state index contributed by atoms with van der Waals surface area (Å²) in [4.78, 5) is 14.9. The lowest BCUT2D eigenvalue weighted by Crippen LogP contribution is -2.28. The fourth-order valence-corrected chi connectivity index (χ4v) is 9.21. The molecule has 2 aromatic heterocycles. The fraction of sp³-hybridized carbons (Fsp3) is 0.118. The molecule has 1 saturated carbocycles. The van der Waals surface area contributed by atoms with Crippen molar-refractivity contribution < 1.29 is 4.42 Å². The molecule has 0 bridgehead atoms. The molecule has 0 atom stereocenters. The van der Waals surface area contributed by atoms with E-state index < -0.39 is 0 Å². The SMILES string of the molecule is c1ccc(-c2nc(-c3ccc(-c4ccc(-c5ccc6c(c5)C5(CCCCC5)c5ccccc5-6)cc4)cc3)nc(-c3ccc4c(c3)oc3ccccc34)n2)cc1. The summed E-state index contributed by atoms with van der Waals surface area (Å²) >= 11 is 0. The first-order chi connectivity index (χ1) is 27.2. The van der Waals surface area contributed by atoms with E-state index in [1.165, 1.54) is 71.0 Å². The van der Waals surface area contributed by atoms with Crippen molar-refractivity contribution >= 4 is 21.9 Å². The van der Waals surface area contributed by atoms with Crippen molar-refractivity contribution in [3.8, 4) is 67.5 Å². The van der Waals surface area contributed by atoms with Crippen LogP contribution in [0.5, 0.6) is 0 Å². The lowest BCUT2D eigenvalue weighted by Gasteiger charge is -2.36. The first kappa shape index (κ1) is 31.8. The normalized spacial score (nSPS) is 14.3. The monoisotopic (exact) mass is 707 g/mol. The van der Waals surface area contributed by atoms with Gasteiger partial charge in [-0.2, -0.15) is 0 Å². The third kappa shape index (κ3) is 5.32. The molecule has 55 heavy (non-hydrogen) atoms. The first-order valence-corrected chi connectivity index (χ1v) is 19.4. The molecule has 9 aromatic rings. The highest BCUT2D eigenvalue weighted by Gasteiger charge is 2.43. The number of nitrogens with zero attached hydrogens (tertiary/aromatic N) is 3. The maximum Gasteiger partial charge on any atom is 0.164 e. The molecule has 1 spiro atoms. The van der Waals surface area contributed by atoms with E-state index in [9.17, 15) is 0 Å². The number of para-hydroxylation sites is 1. The van der Waals surface area contributed by atoms with Gasteiger partial charge in [-0.3, -0.25) is 0 Å². The third-order valence-electron chi connectivity index (χ3n) is 12.0. The Labute approximate surface area is 320 Å². The number of fused-ring (bicyclic) bond motifs is 8. The molecule has 2 heterocycles. The zero-order valence-corrected chi connectivity index (χ0v) is 30.4. The average Bonchev–Trinajstić information content (AvgIpc) is 3.76. The van der Waals surface area contributed by atoms with Crippen molar-refractivity contribution in [3.63, 3.8) is 0 Å². The van der Waals surface area contributed by atoms with Gasteiger partial charge in [0.15, 0.2) is 17.5 Å². The number of hydrogen-bond acceptors (Lipinski definition) is 4. The van der Waals surface area contributed by atoms with Gasteiger partial charge in [0.2, 0.25) is 0 Å². The second kappa shape index (κ2) is 12.7. The summed E-state index contributed by atoms with van der Waals surface area (Å²) < 4.78 is 6.21. The van der Waals surface area contributed by atoms with Crippen LogP contribution in [0.4, 0.5) is 0 Å². The summed E-state index contributed by atoms with van der Waals surface area (Å²) in [6, 6.07) is 58.3. The molecule has 0 saturated heterocycles. The zero-order chi connectivity index (χ0) is 36.3. The maximum atomic E-state index is 6.21. The molecule has 4 heteroatoms. The van der Waals surface area contributed by atoms with Crippen molar-refractivity contribution in [2.45, 2.75) is 37.5 Å². The van der Waals surface area contributed by atoms with Crippen molar-refractivity contribution in [2.75, 3.05) is 0 Å². The molecular formula is C51H37N3O. The van der Waals surface area contributed by atoms with Gasteiger partial charge in [0.05, 0.1) is 0 Å². The summed E-state index contributed by atoms with van der Waals surface area (Å²) in [6.45, 7) is 0. The quantitative estimate of drug-likeness (QED) is 0.179. The van der Waals surface area contributed by atoms with Crippen molar-refractivity contribution in [1.82, 2.24) is 15.0 Å². The van der Waals surface area contributed by atoms with Crippen molar-refractivity contribution in [1.29, 1.82) is 0 Å². The molecule has 2 aliphatic carbocycles. The Hall–Kier alpha value is -6.65. The molecule has 0 radical (unpaired) electrons. The highest BCUT2D eigenvalue weighted by molar-refractivity contribution is 6.05. The Morgan fingerprint density at radius 2 is 0.891 bits per heavy atom. The second-order valence-electron chi connectivity index (χ2n) is 15.1. The Kier molecular flexibility index (Phi) is 7.38. The van der Waals surface area contributed by atoms with E-state index in [-0.39, 0.29) is 5.41 Å². The minimum atomic E-state index is 0.158. The van der Waals surface area contributed by atoms with Crippen LogP contribution in [-0.2, 0) is 5.41 Å². The second-order valence-corrected chi connectivity index (χ2v) is 15.1. The molecule has 4 nitrogen and oxygen atoms in total. The number of aromatic nitrogens is 3. The largest absolute Gasteiger partial charge is 0.456 e. The van der Waals surface area contributed by atoms with Crippen LogP contribution in [0.2, 0.25) is 0 Å². The summed E-state index contributed by atoms with van der Waals surface area (Å²) in [5, 5.41) is 2.17. The lowest BCUT2D eigenvalue weighted by molar-refractivity contribution is 0.353. The van der Waals surface area contributed by atoms with Crippen molar-refractivity contribution in [2.24, 2.45) is 0 Å². The van der Waals surface area contributed by atoms with Gasteiger partial charge in [0.1, 0.15) is 11.2 Å². The van der Waals surface area contributed by atoms with Crippen LogP contribution in [0.15, 0.2) is 168 Å². The molecular weight excluding hydrogens is 671 g/mol. The standard InChI is InChI=1S/C51H37N3O/c1-3-11-36(12-4-1)48-52-49(54-50(53-48)39-26-28-43-42-14-6-8-16-46(42)55-47(43)32-39)37-23-21-34(22-24-37)33-17-19-35(20-18-33)38-25-27-41-40-13-5-7-15-44(40)51(45(41)31-38)29-9-2-10-30-51/h1,3-8,11-28,31-32H,2,9-10,29-30H2. The number of furan rings is 1. The molecule has 7 aromatic carbocycles. The number of rotatable bonds is 5. The average molecular weight is 708 g/mol. The molecule has 0 unspecified atom stereocenters. The lowest BCUT2D eigenvalue weighted by atomic mass is 9.67. The van der Waals surface area contributed by atoms with Crippen LogP contribution in [0.1, 0.15) is 43.2 Å². The van der Waals surface area contributed by atoms with Gasteiger partial charge in [-0.1, -0.05) is 159 Å². The summed E-state index contributed by atoms with van der Waals surface area (Å²) in [7, 11) is 0. The third-order valence-corrected chi connectivity index (χ3v) is 12.0. The van der Waals surface area contributed by atoms with Crippen LogP contribution < -0.4 is 0 Å². The van der Waals surface area contributed by atoms with Gasteiger partial charge < -0.3 is 4.42 Å². The van der Waals surface area contributed by atoms with E-state index in [1.807, 2.05) is 54.6 Å². The molecule has 0 aliphatic heterocycles. The summed E-state index contributed by atoms with van der Waals surface area (Å²) in [5.41, 5.74) is 15.4. The molecule has 0 N–H and O–H groups in total. The van der Waals surface area contributed by atoms with Crippen LogP contribution in [0, 0.1) is 0 Å². The minimum absolute atomic E-state index is 0.158. The molecule has 262 valence electrons. The van der Waals surface area contributed by atoms with Gasteiger partial charge >= 0.3 is 0 Å². The predicted molar refractivity (Wildman–Crippen MR) is 224 cm³/mol. The maximum absolute atomic E-state index is 6.21. The Bertz CT molecular complexity index is 2880. The highest BCUT2D eigenvalue weighted by Crippen LogP contribution is 2.56. The van der Waals surface area contributed by atoms with E-state index in [0.717, 1.165) is 44.2 Å². The first-order valence-electron chi connectivity index (χ1n) is 19.4. The number of hydrogen-bond donors (Lipinski definition) is 0. The van der Waals surface area contributed by atoms with Gasteiger partial charge in [0.25, 0.3) is 0 Å². The van der Waals surface area contributed by atoms with E-state index in [0.29, 0.717) is 17.5 Å². The Morgan fingerprint density at radius 3 is 1.64 bits per heavy atom. The summed E-state index contributed by atoms with van der Waals surface area (Å²) in [6.07, 6.45) is 6.43. The van der Waals surface area contributed by atoms with E-state index in [2.05, 4.69) is 109 Å². The van der Waals surface area contributed by atoms with Crippen molar-refractivity contribution in [3.05, 3.63) is 175 Å². The van der Waals surface area contributed by atoms with Crippen LogP contribution in [0.3, 0.4) is 0 Å². The smallest absolute Gasteiger partial charge is 0.164 e. The van der Waals surface area contributed by atoms with E-state index in [1.54, 1.807) is 0 Å². The fourth-order valence-electron chi connectivity index (χ4n) is 9.21. The predicted octanol–water partition coefficient (Wildman–Crippen LogP) is 13.3. The van der Waals surface area contributed by atoms with Gasteiger partial charge in [-0.15, -0.1) is 0 Å². The topological polar surface area (TPSA) is 51.8 Å². The Balaban J connectivity index is 0.911. The molecule has 11 rings (SSSR count). The van der Waals surface area contributed by atoms with E-state index >= 15 is 0 Å². The minimum Gasteiger partial charge on any atom is -0.456 e. The van der Waals surface area contributed by atoms with Gasteiger partial charge in [-0.05, 0) is 81.6 Å². The van der Waals surface area contributed by atoms with Crippen LogP contribution in [0.25, 0.3) is 89.5 Å². The molecule has 1 fully saturated rings. The molecule has 0 amide bonds. The van der Waals surface area contributed by atoms with Gasteiger partial charge in [-0.25, -0.2) is 15.0 Å². The highest BCUT2D eigenvalue weighted by atomic mass is 16.3. The number of benzene rings is 7. The summed E-state index contributed by atoms with van der Waals surface area (Å²) in [5.74, 6) is 1.87. The van der Waals surface area contributed by atoms with Gasteiger partial charge in [0, 0.05) is 32.9 Å². The molecule has 2 aliphatic rings.